The predicted octanol–water partition coefficient (Wildman–Crippen LogP) is 4.08. The number of hydrogen-bond donors (Lipinski definition) is 0. The Morgan fingerprint density at radius 3 is 2.64 bits per heavy atom. The zero-order chi connectivity index (χ0) is 19.6. The first-order chi connectivity index (χ1) is 13.7. The third-order valence-electron chi connectivity index (χ3n) is 5.55. The molecule has 1 aliphatic carbocycles. The summed E-state index contributed by atoms with van der Waals surface area (Å²) in [7, 11) is 0. The number of nitrogens with zero attached hydrogens (tertiary/aromatic N) is 3. The summed E-state index contributed by atoms with van der Waals surface area (Å²) in [6.07, 6.45) is 7.50. The zero-order valence-corrected chi connectivity index (χ0v) is 16.7. The van der Waals surface area contributed by atoms with Crippen molar-refractivity contribution in [1.29, 1.82) is 5.26 Å². The number of nitriles is 1. The Balaban J connectivity index is 1.68. The highest BCUT2D eigenvalue weighted by Crippen LogP contribution is 2.44. The quantitative estimate of drug-likeness (QED) is 0.705. The molecule has 0 bridgehead atoms. The monoisotopic (exact) mass is 401 g/mol. The van der Waals surface area contributed by atoms with Gasteiger partial charge in [-0.15, -0.1) is 0 Å². The fraction of sp³-hybridized carbons (Fsp3) is 0.550. The van der Waals surface area contributed by atoms with E-state index in [1.54, 1.807) is 23.3 Å². The van der Waals surface area contributed by atoms with E-state index in [0.717, 1.165) is 24.6 Å². The van der Waals surface area contributed by atoms with Gasteiger partial charge in [-0.3, -0.25) is 9.69 Å². The van der Waals surface area contributed by atoms with Gasteiger partial charge < -0.3 is 14.2 Å². The van der Waals surface area contributed by atoms with Crippen LogP contribution in [0.3, 0.4) is 0 Å². The molecular formula is C20H23N3O4S. The standard InChI is InChI=1S/C20H23N3O4S/c1-28-19(24)23-12-20(7-3-2-4-8-20)13-27-18(23)22-15-6-5-14(11-21)16-17(15)26-10-9-25-16/h5-6H,2-4,7-10,12-13H2,1H3. The number of fused-ring (bicyclic) bond motifs is 1. The van der Waals surface area contributed by atoms with Crippen molar-refractivity contribution in [2.45, 2.75) is 32.1 Å². The molecule has 148 valence electrons. The van der Waals surface area contributed by atoms with Crippen molar-refractivity contribution in [1.82, 2.24) is 4.90 Å². The van der Waals surface area contributed by atoms with Gasteiger partial charge in [0.2, 0.25) is 0 Å². The van der Waals surface area contributed by atoms with Crippen LogP contribution in [0.5, 0.6) is 11.5 Å². The molecule has 1 saturated heterocycles. The van der Waals surface area contributed by atoms with E-state index in [-0.39, 0.29) is 16.7 Å². The number of rotatable bonds is 1. The van der Waals surface area contributed by atoms with Crippen molar-refractivity contribution in [3.63, 3.8) is 0 Å². The number of benzene rings is 1. The van der Waals surface area contributed by atoms with Gasteiger partial charge in [0.25, 0.3) is 11.3 Å². The SMILES string of the molecule is CSC(=O)N1CC2(CCCCC2)COC1=Nc1ccc(C#N)c2c1OCCO2. The Labute approximate surface area is 168 Å². The van der Waals surface area contributed by atoms with Gasteiger partial charge >= 0.3 is 0 Å². The first-order valence-corrected chi connectivity index (χ1v) is 10.8. The summed E-state index contributed by atoms with van der Waals surface area (Å²) >= 11 is 1.15. The van der Waals surface area contributed by atoms with Crippen LogP contribution >= 0.6 is 11.8 Å². The molecule has 1 aromatic carbocycles. The maximum Gasteiger partial charge on any atom is 0.300 e. The van der Waals surface area contributed by atoms with Gasteiger partial charge in [0.15, 0.2) is 11.5 Å². The van der Waals surface area contributed by atoms with Crippen LogP contribution in [0, 0.1) is 16.7 Å². The van der Waals surface area contributed by atoms with Crippen LogP contribution in [0.2, 0.25) is 0 Å². The number of amides is 1. The molecule has 8 heteroatoms. The van der Waals surface area contributed by atoms with Crippen LogP contribution in [0.1, 0.15) is 37.7 Å². The molecule has 28 heavy (non-hydrogen) atoms. The fourth-order valence-electron chi connectivity index (χ4n) is 4.10. The molecule has 3 aliphatic rings. The average Bonchev–Trinajstić information content (AvgIpc) is 2.75. The van der Waals surface area contributed by atoms with Crippen LogP contribution in [-0.4, -0.2) is 48.8 Å². The molecule has 1 aromatic rings. The largest absolute Gasteiger partial charge is 0.485 e. The normalized spacial score (nSPS) is 21.9. The maximum atomic E-state index is 12.6. The summed E-state index contributed by atoms with van der Waals surface area (Å²) in [6.45, 7) is 1.97. The first kappa shape index (κ1) is 18.9. The summed E-state index contributed by atoms with van der Waals surface area (Å²) in [5, 5.41) is 9.21. The molecule has 2 heterocycles. The third kappa shape index (κ3) is 3.51. The summed E-state index contributed by atoms with van der Waals surface area (Å²) in [6, 6.07) is 5.75. The Bertz CT molecular complexity index is 843. The first-order valence-electron chi connectivity index (χ1n) is 9.55. The van der Waals surface area contributed by atoms with Crippen LogP contribution in [0.4, 0.5) is 10.5 Å². The van der Waals surface area contributed by atoms with E-state index in [2.05, 4.69) is 11.1 Å². The van der Waals surface area contributed by atoms with Crippen LogP contribution < -0.4 is 9.47 Å². The molecule has 1 spiro atoms. The highest BCUT2D eigenvalue weighted by Gasteiger charge is 2.42. The highest BCUT2D eigenvalue weighted by atomic mass is 32.2. The average molecular weight is 401 g/mol. The van der Waals surface area contributed by atoms with E-state index in [1.165, 1.54) is 19.3 Å². The van der Waals surface area contributed by atoms with Gasteiger partial charge in [-0.25, -0.2) is 0 Å². The molecule has 0 aromatic heterocycles. The van der Waals surface area contributed by atoms with Crippen molar-refractivity contribution in [2.24, 2.45) is 10.4 Å². The Hall–Kier alpha value is -2.40. The van der Waals surface area contributed by atoms with Gasteiger partial charge in [-0.2, -0.15) is 10.3 Å². The maximum absolute atomic E-state index is 12.6. The summed E-state index contributed by atoms with van der Waals surface area (Å²) in [5.41, 5.74) is 0.926. The van der Waals surface area contributed by atoms with Gasteiger partial charge in [0, 0.05) is 12.0 Å². The van der Waals surface area contributed by atoms with Crippen molar-refractivity contribution in [3.05, 3.63) is 17.7 Å². The van der Waals surface area contributed by atoms with Gasteiger partial charge in [0.1, 0.15) is 25.0 Å². The number of ether oxygens (including phenoxy) is 3. The summed E-state index contributed by atoms with van der Waals surface area (Å²) in [4.78, 5) is 18.9. The van der Waals surface area contributed by atoms with Crippen LogP contribution in [0.15, 0.2) is 17.1 Å². The Kier molecular flexibility index (Phi) is 5.36. The molecule has 2 fully saturated rings. The molecule has 0 radical (unpaired) electrons. The van der Waals surface area contributed by atoms with Crippen molar-refractivity contribution >= 4 is 28.7 Å². The number of aliphatic imine (C=N–C) groups is 1. The minimum Gasteiger partial charge on any atom is -0.485 e. The zero-order valence-electron chi connectivity index (χ0n) is 15.9. The van der Waals surface area contributed by atoms with E-state index in [1.807, 2.05) is 0 Å². The highest BCUT2D eigenvalue weighted by molar-refractivity contribution is 8.12. The van der Waals surface area contributed by atoms with Crippen LogP contribution in [-0.2, 0) is 4.74 Å². The topological polar surface area (TPSA) is 84.2 Å². The molecule has 1 saturated carbocycles. The van der Waals surface area contributed by atoms with E-state index in [9.17, 15) is 10.1 Å². The molecule has 2 aliphatic heterocycles. The van der Waals surface area contributed by atoms with E-state index < -0.39 is 0 Å². The summed E-state index contributed by atoms with van der Waals surface area (Å²) in [5.74, 6) is 0.828. The lowest BCUT2D eigenvalue weighted by Crippen LogP contribution is -2.52. The Morgan fingerprint density at radius 2 is 1.93 bits per heavy atom. The van der Waals surface area contributed by atoms with E-state index in [0.29, 0.717) is 49.1 Å². The minimum absolute atomic E-state index is 0.0202. The molecule has 4 rings (SSSR count). The number of carbonyl (C=O) groups excluding carboxylic acids is 1. The third-order valence-corrected chi connectivity index (χ3v) is 6.11. The minimum atomic E-state index is -0.0805. The molecular weight excluding hydrogens is 378 g/mol. The van der Waals surface area contributed by atoms with Crippen LogP contribution in [0.25, 0.3) is 0 Å². The van der Waals surface area contributed by atoms with Crippen molar-refractivity contribution in [2.75, 3.05) is 32.6 Å². The second-order valence-electron chi connectivity index (χ2n) is 7.40. The fourth-order valence-corrected chi connectivity index (χ4v) is 4.46. The molecule has 7 nitrogen and oxygen atoms in total. The van der Waals surface area contributed by atoms with E-state index >= 15 is 0 Å². The molecule has 1 amide bonds. The lowest BCUT2D eigenvalue weighted by molar-refractivity contribution is 0.0282. The number of amidine groups is 1. The van der Waals surface area contributed by atoms with Crippen molar-refractivity contribution in [3.8, 4) is 17.6 Å². The van der Waals surface area contributed by atoms with Crippen molar-refractivity contribution < 1.29 is 19.0 Å². The predicted molar refractivity (Wildman–Crippen MR) is 106 cm³/mol. The van der Waals surface area contributed by atoms with E-state index in [4.69, 9.17) is 14.2 Å². The lowest BCUT2D eigenvalue weighted by Gasteiger charge is -2.44. The Morgan fingerprint density at radius 1 is 1.18 bits per heavy atom. The number of carbonyl (C=O) groups is 1. The van der Waals surface area contributed by atoms with Gasteiger partial charge in [0.05, 0.1) is 12.2 Å². The number of thioether (sulfide) groups is 1. The van der Waals surface area contributed by atoms with Gasteiger partial charge in [-0.1, -0.05) is 31.0 Å². The molecule has 0 N–H and O–H groups in total. The second kappa shape index (κ2) is 7.92. The van der Waals surface area contributed by atoms with Gasteiger partial charge in [-0.05, 0) is 31.2 Å². The second-order valence-corrected chi connectivity index (χ2v) is 8.16. The smallest absolute Gasteiger partial charge is 0.300 e. The molecule has 0 atom stereocenters. The molecule has 0 unspecified atom stereocenters. The summed E-state index contributed by atoms with van der Waals surface area (Å²) < 4.78 is 17.4. The number of hydrogen-bond acceptors (Lipinski definition) is 7. The lowest BCUT2D eigenvalue weighted by atomic mass is 9.74.